The van der Waals surface area contributed by atoms with Crippen molar-refractivity contribution in [3.63, 3.8) is 0 Å². The average molecular weight is 495 g/mol. The minimum atomic E-state index is -1.21. The smallest absolute Gasteiger partial charge is 0.312 e. The Balaban J connectivity index is 1.40. The van der Waals surface area contributed by atoms with Gasteiger partial charge in [-0.2, -0.15) is 0 Å². The highest BCUT2D eigenvalue weighted by Crippen LogP contribution is 2.73. The van der Waals surface area contributed by atoms with Crippen LogP contribution in [0.15, 0.2) is 11.6 Å². The van der Waals surface area contributed by atoms with E-state index in [1.807, 2.05) is 0 Å². The van der Waals surface area contributed by atoms with Crippen molar-refractivity contribution >= 4 is 5.97 Å². The van der Waals surface area contributed by atoms with E-state index in [2.05, 4.69) is 26.8 Å². The number of ether oxygens (including phenoxy) is 2. The van der Waals surface area contributed by atoms with Crippen molar-refractivity contribution in [3.8, 4) is 0 Å². The van der Waals surface area contributed by atoms with Gasteiger partial charge in [0.15, 0.2) is 6.29 Å². The molecule has 0 spiro atoms. The second-order valence-corrected chi connectivity index (χ2v) is 12.9. The molecule has 3 saturated carbocycles. The van der Waals surface area contributed by atoms with E-state index < -0.39 is 42.1 Å². The molecule has 1 aliphatic heterocycles. The molecule has 0 bridgehead atoms. The molecule has 8 heteroatoms. The molecule has 4 aliphatic carbocycles. The van der Waals surface area contributed by atoms with Crippen LogP contribution in [0.3, 0.4) is 0 Å². The van der Waals surface area contributed by atoms with Gasteiger partial charge in [0, 0.05) is 0 Å². The third-order valence-electron chi connectivity index (χ3n) is 11.6. The van der Waals surface area contributed by atoms with Crippen LogP contribution in [0.4, 0.5) is 0 Å². The summed E-state index contributed by atoms with van der Waals surface area (Å²) in [5.74, 6) is -0.634. The van der Waals surface area contributed by atoms with E-state index in [0.717, 1.165) is 38.5 Å². The standard InChI is InChI=1S/C27H42O8/c1-24-9-8-19(29)27(4,23(32)33)18(24)7-10-25(2)17(24)6-5-14-11-15(12-26(14,25)3)34-22-21(31)20(30)16(13-28)35-22/h11,15-22,28-31H,5-10,12-13H2,1-4H3,(H,32,33). The average Bonchev–Trinajstić information content (AvgIpc) is 3.28. The van der Waals surface area contributed by atoms with Gasteiger partial charge in [-0.05, 0) is 80.0 Å². The first-order chi connectivity index (χ1) is 16.3. The first-order valence-corrected chi connectivity index (χ1v) is 13.2. The zero-order valence-electron chi connectivity index (χ0n) is 21.3. The summed E-state index contributed by atoms with van der Waals surface area (Å²) in [5, 5.41) is 50.8. The summed E-state index contributed by atoms with van der Waals surface area (Å²) >= 11 is 0. The summed E-state index contributed by atoms with van der Waals surface area (Å²) in [5.41, 5.74) is -0.136. The maximum absolute atomic E-state index is 12.4. The Morgan fingerprint density at radius 1 is 1.06 bits per heavy atom. The highest BCUT2D eigenvalue weighted by atomic mass is 16.7. The summed E-state index contributed by atoms with van der Waals surface area (Å²) in [7, 11) is 0. The van der Waals surface area contributed by atoms with Crippen LogP contribution in [0.5, 0.6) is 0 Å². The SMILES string of the molecule is CC12CCC(O)C(C)(C(=O)O)C1CCC1(C)C2CCC2=CC(OC3OC(CO)C(O)C3O)CC21C. The largest absolute Gasteiger partial charge is 0.481 e. The summed E-state index contributed by atoms with van der Waals surface area (Å²) in [6.45, 7) is 8.31. The van der Waals surface area contributed by atoms with Crippen LogP contribution in [-0.2, 0) is 14.3 Å². The number of hydrogen-bond acceptors (Lipinski definition) is 7. The Labute approximate surface area is 207 Å². The molecule has 1 saturated heterocycles. The lowest BCUT2D eigenvalue weighted by Crippen LogP contribution is -2.65. The molecule has 0 radical (unpaired) electrons. The molecule has 35 heavy (non-hydrogen) atoms. The van der Waals surface area contributed by atoms with Gasteiger partial charge >= 0.3 is 5.97 Å². The highest BCUT2D eigenvalue weighted by Gasteiger charge is 2.69. The topological polar surface area (TPSA) is 137 Å². The number of aliphatic carboxylic acids is 1. The molecule has 0 amide bonds. The molecule has 198 valence electrons. The normalized spacial score (nSPS) is 55.6. The fourth-order valence-electron chi connectivity index (χ4n) is 9.33. The lowest BCUT2D eigenvalue weighted by molar-refractivity contribution is -0.220. The minimum absolute atomic E-state index is 0.0511. The molecule has 12 atom stereocenters. The second-order valence-electron chi connectivity index (χ2n) is 12.9. The number of aliphatic hydroxyl groups excluding tert-OH is 4. The van der Waals surface area contributed by atoms with Crippen molar-refractivity contribution in [1.29, 1.82) is 0 Å². The quantitative estimate of drug-likeness (QED) is 0.375. The van der Waals surface area contributed by atoms with Gasteiger partial charge in [-0.15, -0.1) is 0 Å². The van der Waals surface area contributed by atoms with Crippen LogP contribution < -0.4 is 0 Å². The van der Waals surface area contributed by atoms with Crippen LogP contribution in [0, 0.1) is 33.5 Å². The Morgan fingerprint density at radius 2 is 1.77 bits per heavy atom. The number of fused-ring (bicyclic) bond motifs is 5. The van der Waals surface area contributed by atoms with Crippen molar-refractivity contribution < 1.29 is 39.8 Å². The van der Waals surface area contributed by atoms with E-state index in [9.17, 15) is 30.3 Å². The van der Waals surface area contributed by atoms with E-state index in [1.165, 1.54) is 5.57 Å². The molecule has 12 unspecified atom stereocenters. The Bertz CT molecular complexity index is 906. The van der Waals surface area contributed by atoms with Crippen molar-refractivity contribution in [2.24, 2.45) is 33.5 Å². The van der Waals surface area contributed by atoms with Crippen molar-refractivity contribution in [2.45, 2.75) is 109 Å². The molecule has 0 aromatic carbocycles. The lowest BCUT2D eigenvalue weighted by atomic mass is 9.36. The third kappa shape index (κ3) is 3.29. The minimum Gasteiger partial charge on any atom is -0.481 e. The van der Waals surface area contributed by atoms with Gasteiger partial charge < -0.3 is 35.0 Å². The van der Waals surface area contributed by atoms with E-state index in [-0.39, 0.29) is 34.9 Å². The maximum atomic E-state index is 12.4. The monoisotopic (exact) mass is 494 g/mol. The van der Waals surface area contributed by atoms with E-state index in [0.29, 0.717) is 12.3 Å². The number of aliphatic hydroxyl groups is 4. The van der Waals surface area contributed by atoms with Gasteiger partial charge in [-0.3, -0.25) is 4.79 Å². The number of carboxylic acids is 1. The van der Waals surface area contributed by atoms with E-state index in [4.69, 9.17) is 9.47 Å². The molecule has 1 heterocycles. The van der Waals surface area contributed by atoms with E-state index in [1.54, 1.807) is 6.92 Å². The van der Waals surface area contributed by atoms with Crippen molar-refractivity contribution in [1.82, 2.24) is 0 Å². The maximum Gasteiger partial charge on any atom is 0.312 e. The van der Waals surface area contributed by atoms with Crippen LogP contribution in [0.1, 0.15) is 72.6 Å². The molecule has 5 aliphatic rings. The number of carboxylic acid groups (broad SMARTS) is 1. The predicted octanol–water partition coefficient (Wildman–Crippen LogP) is 2.23. The number of hydrogen-bond donors (Lipinski definition) is 5. The van der Waals surface area contributed by atoms with Gasteiger partial charge in [0.1, 0.15) is 18.3 Å². The lowest BCUT2D eigenvalue weighted by Gasteiger charge is -2.68. The first kappa shape index (κ1) is 25.6. The number of rotatable bonds is 4. The van der Waals surface area contributed by atoms with Crippen molar-refractivity contribution in [3.05, 3.63) is 11.6 Å². The van der Waals surface area contributed by atoms with Gasteiger partial charge in [-0.1, -0.05) is 32.4 Å². The third-order valence-corrected chi connectivity index (χ3v) is 11.6. The van der Waals surface area contributed by atoms with Crippen LogP contribution >= 0.6 is 0 Å². The first-order valence-electron chi connectivity index (χ1n) is 13.2. The predicted molar refractivity (Wildman–Crippen MR) is 126 cm³/mol. The summed E-state index contributed by atoms with van der Waals surface area (Å²) < 4.78 is 11.7. The molecular weight excluding hydrogens is 452 g/mol. The molecule has 4 fully saturated rings. The zero-order chi connectivity index (χ0) is 25.6. The summed E-state index contributed by atoms with van der Waals surface area (Å²) in [6, 6.07) is 0. The summed E-state index contributed by atoms with van der Waals surface area (Å²) in [4.78, 5) is 12.4. The summed E-state index contributed by atoms with van der Waals surface area (Å²) in [6.07, 6.45) is 2.49. The van der Waals surface area contributed by atoms with Crippen LogP contribution in [0.2, 0.25) is 0 Å². The van der Waals surface area contributed by atoms with Gasteiger partial charge in [0.25, 0.3) is 0 Å². The fraction of sp³-hybridized carbons (Fsp3) is 0.889. The van der Waals surface area contributed by atoms with E-state index >= 15 is 0 Å². The molecule has 8 nitrogen and oxygen atoms in total. The van der Waals surface area contributed by atoms with Gasteiger partial charge in [-0.25, -0.2) is 0 Å². The van der Waals surface area contributed by atoms with Crippen molar-refractivity contribution in [2.75, 3.05) is 6.61 Å². The Morgan fingerprint density at radius 3 is 2.40 bits per heavy atom. The molecule has 0 aromatic rings. The molecular formula is C27H42O8. The number of carbonyl (C=O) groups is 1. The fourth-order valence-corrected chi connectivity index (χ4v) is 9.33. The Kier molecular flexibility index (Phi) is 6.03. The Hall–Kier alpha value is -1.03. The van der Waals surface area contributed by atoms with Gasteiger partial charge in [0.05, 0.1) is 24.2 Å². The number of allylic oxidation sites excluding steroid dienone is 1. The molecule has 5 N–H and O–H groups in total. The second kappa shape index (κ2) is 8.23. The molecule has 0 aromatic heterocycles. The molecule has 5 rings (SSSR count). The van der Waals surface area contributed by atoms with Crippen LogP contribution in [0.25, 0.3) is 0 Å². The van der Waals surface area contributed by atoms with Crippen LogP contribution in [-0.4, -0.2) is 74.9 Å². The zero-order valence-corrected chi connectivity index (χ0v) is 21.3. The highest BCUT2D eigenvalue weighted by molar-refractivity contribution is 5.76. The van der Waals surface area contributed by atoms with Gasteiger partial charge in [0.2, 0.25) is 0 Å².